The van der Waals surface area contributed by atoms with Crippen LogP contribution in [0.2, 0.25) is 0 Å². The topological polar surface area (TPSA) is 81.2 Å². The van der Waals surface area contributed by atoms with E-state index < -0.39 is 0 Å². The number of amides is 1. The molecule has 0 aliphatic carbocycles. The second kappa shape index (κ2) is 7.22. The maximum Gasteiger partial charge on any atom is 0.273 e. The summed E-state index contributed by atoms with van der Waals surface area (Å²) < 4.78 is 5.29. The maximum atomic E-state index is 12.0. The number of nitrogens with zero attached hydrogens (tertiary/aromatic N) is 1. The molecule has 1 aromatic heterocycles. The summed E-state index contributed by atoms with van der Waals surface area (Å²) in [6.07, 6.45) is 2.14. The summed E-state index contributed by atoms with van der Waals surface area (Å²) in [7, 11) is 0. The van der Waals surface area contributed by atoms with Crippen LogP contribution < -0.4 is 11.1 Å². The first-order chi connectivity index (χ1) is 10.5. The molecule has 5 heteroatoms. The molecule has 0 saturated heterocycles. The second-order valence-corrected chi connectivity index (χ2v) is 5.83. The number of carbonyl (C=O) groups excluding carboxylic acids is 1. The summed E-state index contributed by atoms with van der Waals surface area (Å²) in [4.78, 5) is 16.2. The highest BCUT2D eigenvalue weighted by molar-refractivity contribution is 5.91. The molecule has 1 amide bonds. The molecule has 0 saturated carbocycles. The maximum absolute atomic E-state index is 12.0. The smallest absolute Gasteiger partial charge is 0.273 e. The normalized spacial score (nSPS) is 12.4. The Labute approximate surface area is 130 Å². The molecule has 0 spiro atoms. The van der Waals surface area contributed by atoms with Crippen molar-refractivity contribution in [1.82, 2.24) is 10.3 Å². The van der Waals surface area contributed by atoms with Crippen LogP contribution >= 0.6 is 0 Å². The van der Waals surface area contributed by atoms with Gasteiger partial charge in [0.1, 0.15) is 6.26 Å². The number of hydrogen-bond acceptors (Lipinski definition) is 4. The number of oxazole rings is 1. The number of nitrogens with two attached hydrogens (primary N) is 1. The van der Waals surface area contributed by atoms with Gasteiger partial charge < -0.3 is 15.5 Å². The van der Waals surface area contributed by atoms with Gasteiger partial charge in [-0.15, -0.1) is 0 Å². The lowest BCUT2D eigenvalue weighted by molar-refractivity contribution is 0.0949. The Kier molecular flexibility index (Phi) is 5.33. The number of rotatable bonds is 6. The van der Waals surface area contributed by atoms with E-state index in [1.807, 2.05) is 13.8 Å². The van der Waals surface area contributed by atoms with E-state index in [0.717, 1.165) is 6.42 Å². The molecular weight excluding hydrogens is 278 g/mol. The van der Waals surface area contributed by atoms with Crippen LogP contribution in [-0.2, 0) is 6.42 Å². The molecule has 2 rings (SSSR count). The molecule has 1 atom stereocenters. The van der Waals surface area contributed by atoms with E-state index in [2.05, 4.69) is 41.5 Å². The molecule has 0 aliphatic rings. The number of hydrogen-bond donors (Lipinski definition) is 2. The lowest BCUT2D eigenvalue weighted by atomic mass is 10.1. The van der Waals surface area contributed by atoms with Gasteiger partial charge in [0.2, 0.25) is 5.89 Å². The minimum atomic E-state index is -0.297. The number of aromatic nitrogens is 1. The third-order valence-electron chi connectivity index (χ3n) is 3.58. The highest BCUT2D eigenvalue weighted by Gasteiger charge is 2.19. The van der Waals surface area contributed by atoms with Crippen molar-refractivity contribution in [2.24, 2.45) is 11.7 Å². The van der Waals surface area contributed by atoms with Crippen molar-refractivity contribution >= 4 is 5.91 Å². The zero-order valence-electron chi connectivity index (χ0n) is 13.3. The fourth-order valence-corrected chi connectivity index (χ4v) is 2.00. The first-order valence-electron chi connectivity index (χ1n) is 7.52. The minimum Gasteiger partial charge on any atom is -0.446 e. The Morgan fingerprint density at radius 2 is 2.00 bits per heavy atom. The van der Waals surface area contributed by atoms with Gasteiger partial charge in [-0.2, -0.15) is 0 Å². The van der Waals surface area contributed by atoms with Gasteiger partial charge in [0.05, 0.1) is 6.04 Å². The first kappa shape index (κ1) is 16.2. The van der Waals surface area contributed by atoms with Crippen molar-refractivity contribution in [2.75, 3.05) is 6.54 Å². The van der Waals surface area contributed by atoms with Crippen LogP contribution in [0.1, 0.15) is 47.4 Å². The summed E-state index contributed by atoms with van der Waals surface area (Å²) in [6, 6.07) is 7.96. The second-order valence-electron chi connectivity index (χ2n) is 5.83. The summed E-state index contributed by atoms with van der Waals surface area (Å²) in [5, 5.41) is 2.84. The summed E-state index contributed by atoms with van der Waals surface area (Å²) in [5.74, 6) is 0.368. The van der Waals surface area contributed by atoms with E-state index in [9.17, 15) is 4.79 Å². The predicted molar refractivity (Wildman–Crippen MR) is 85.5 cm³/mol. The van der Waals surface area contributed by atoms with Crippen molar-refractivity contribution in [1.29, 1.82) is 0 Å². The molecule has 1 aromatic carbocycles. The molecule has 0 bridgehead atoms. The molecule has 22 heavy (non-hydrogen) atoms. The summed E-state index contributed by atoms with van der Waals surface area (Å²) in [6.45, 7) is 6.57. The van der Waals surface area contributed by atoms with E-state index >= 15 is 0 Å². The van der Waals surface area contributed by atoms with Crippen molar-refractivity contribution in [2.45, 2.75) is 33.2 Å². The lowest BCUT2D eigenvalue weighted by Crippen LogP contribution is -2.26. The van der Waals surface area contributed by atoms with Crippen LogP contribution in [0.25, 0.3) is 0 Å². The van der Waals surface area contributed by atoms with E-state index in [-0.39, 0.29) is 23.6 Å². The van der Waals surface area contributed by atoms with Crippen molar-refractivity contribution < 1.29 is 9.21 Å². The van der Waals surface area contributed by atoms with Gasteiger partial charge in [-0.05, 0) is 24.8 Å². The standard InChI is InChI=1S/C17H23N3O2/c1-11(2)15(18)17-20-14(10-22-17)16(21)19-9-8-13-6-4-12(3)5-7-13/h4-7,10-11,15H,8-9,18H2,1-3H3,(H,19,21). The minimum absolute atomic E-state index is 0.205. The van der Waals surface area contributed by atoms with Gasteiger partial charge in [0, 0.05) is 6.54 Å². The number of nitrogens with one attached hydrogen (secondary N) is 1. The average Bonchev–Trinajstić information content (AvgIpc) is 2.98. The van der Waals surface area contributed by atoms with E-state index in [1.165, 1.54) is 17.4 Å². The van der Waals surface area contributed by atoms with Gasteiger partial charge in [-0.3, -0.25) is 4.79 Å². The first-order valence-corrected chi connectivity index (χ1v) is 7.52. The van der Waals surface area contributed by atoms with Crippen LogP contribution in [0.15, 0.2) is 34.9 Å². The van der Waals surface area contributed by atoms with Crippen LogP contribution in [0.5, 0.6) is 0 Å². The van der Waals surface area contributed by atoms with Crippen LogP contribution in [-0.4, -0.2) is 17.4 Å². The van der Waals surface area contributed by atoms with Gasteiger partial charge in [0.25, 0.3) is 5.91 Å². The number of aryl methyl sites for hydroxylation is 1. The highest BCUT2D eigenvalue weighted by atomic mass is 16.3. The van der Waals surface area contributed by atoms with Crippen molar-refractivity contribution in [3.05, 3.63) is 53.2 Å². The average molecular weight is 301 g/mol. The van der Waals surface area contributed by atoms with E-state index in [4.69, 9.17) is 10.2 Å². The molecule has 118 valence electrons. The Hall–Kier alpha value is -2.14. The molecule has 1 heterocycles. The Balaban J connectivity index is 1.86. The Bertz CT molecular complexity index is 617. The van der Waals surface area contributed by atoms with Gasteiger partial charge in [-0.25, -0.2) is 4.98 Å². The lowest BCUT2D eigenvalue weighted by Gasteiger charge is -2.10. The van der Waals surface area contributed by atoms with E-state index in [1.54, 1.807) is 0 Å². The van der Waals surface area contributed by atoms with Gasteiger partial charge in [0.15, 0.2) is 5.69 Å². The van der Waals surface area contributed by atoms with Gasteiger partial charge >= 0.3 is 0 Å². The van der Waals surface area contributed by atoms with Crippen LogP contribution in [0.3, 0.4) is 0 Å². The fraction of sp³-hybridized carbons (Fsp3) is 0.412. The van der Waals surface area contributed by atoms with Crippen molar-refractivity contribution in [3.8, 4) is 0 Å². The Morgan fingerprint density at radius 3 is 2.64 bits per heavy atom. The zero-order valence-corrected chi connectivity index (χ0v) is 13.3. The monoisotopic (exact) mass is 301 g/mol. The molecular formula is C17H23N3O2. The largest absolute Gasteiger partial charge is 0.446 e. The molecule has 0 fully saturated rings. The third kappa shape index (κ3) is 4.18. The predicted octanol–water partition coefficient (Wildman–Crippen LogP) is 2.61. The van der Waals surface area contributed by atoms with Crippen LogP contribution in [0, 0.1) is 12.8 Å². The highest BCUT2D eigenvalue weighted by Crippen LogP contribution is 2.17. The van der Waals surface area contributed by atoms with Crippen LogP contribution in [0.4, 0.5) is 0 Å². The molecule has 3 N–H and O–H groups in total. The fourth-order valence-electron chi connectivity index (χ4n) is 2.00. The van der Waals surface area contributed by atoms with Crippen molar-refractivity contribution in [3.63, 3.8) is 0 Å². The molecule has 0 aliphatic heterocycles. The summed E-state index contributed by atoms with van der Waals surface area (Å²) >= 11 is 0. The third-order valence-corrected chi connectivity index (χ3v) is 3.58. The molecule has 0 radical (unpaired) electrons. The molecule has 5 nitrogen and oxygen atoms in total. The summed E-state index contributed by atoms with van der Waals surface area (Å²) in [5.41, 5.74) is 8.64. The Morgan fingerprint density at radius 1 is 1.32 bits per heavy atom. The van der Waals surface area contributed by atoms with Gasteiger partial charge in [-0.1, -0.05) is 43.7 Å². The molecule has 2 aromatic rings. The SMILES string of the molecule is Cc1ccc(CCNC(=O)c2coc(C(N)C(C)C)n2)cc1. The molecule has 1 unspecified atom stereocenters. The van der Waals surface area contributed by atoms with E-state index in [0.29, 0.717) is 12.4 Å². The number of benzene rings is 1. The zero-order chi connectivity index (χ0) is 16.1. The number of carbonyl (C=O) groups is 1. The quantitative estimate of drug-likeness (QED) is 0.859.